The highest BCUT2D eigenvalue weighted by molar-refractivity contribution is 5.25. The summed E-state index contributed by atoms with van der Waals surface area (Å²) in [6, 6.07) is 0.597. The van der Waals surface area contributed by atoms with Gasteiger partial charge < -0.3 is 19.7 Å². The van der Waals surface area contributed by atoms with Gasteiger partial charge >= 0.3 is 6.01 Å². The minimum atomic E-state index is 0.0323. The highest BCUT2D eigenvalue weighted by Gasteiger charge is 2.21. The van der Waals surface area contributed by atoms with E-state index in [1.165, 1.54) is 0 Å². The van der Waals surface area contributed by atoms with E-state index in [2.05, 4.69) is 46.1 Å². The summed E-state index contributed by atoms with van der Waals surface area (Å²) >= 11 is 0. The van der Waals surface area contributed by atoms with Crippen LogP contribution >= 0.6 is 0 Å². The molecule has 7 nitrogen and oxygen atoms in total. The Balaban J connectivity index is 1.84. The molecular weight excluding hydrogens is 258 g/mol. The van der Waals surface area contributed by atoms with E-state index < -0.39 is 0 Å². The zero-order chi connectivity index (χ0) is 14.6. The van der Waals surface area contributed by atoms with Crippen molar-refractivity contribution < 1.29 is 9.52 Å². The molecule has 0 aromatic carbocycles. The van der Waals surface area contributed by atoms with Crippen molar-refractivity contribution in [3.63, 3.8) is 0 Å². The maximum absolute atomic E-state index is 8.93. The van der Waals surface area contributed by atoms with Gasteiger partial charge in [0.2, 0.25) is 5.89 Å². The molecule has 1 fully saturated rings. The second-order valence-corrected chi connectivity index (χ2v) is 6.13. The maximum Gasteiger partial charge on any atom is 0.318 e. The number of nitrogens with one attached hydrogen (secondary N) is 1. The second-order valence-electron chi connectivity index (χ2n) is 6.13. The van der Waals surface area contributed by atoms with Gasteiger partial charge in [0, 0.05) is 38.3 Å². The molecule has 2 heterocycles. The van der Waals surface area contributed by atoms with E-state index in [9.17, 15) is 0 Å². The molecule has 1 aliphatic rings. The number of aliphatic hydroxyl groups is 1. The Morgan fingerprint density at radius 1 is 1.20 bits per heavy atom. The molecule has 2 N–H and O–H groups in total. The zero-order valence-corrected chi connectivity index (χ0v) is 12.6. The number of hydrogen-bond donors (Lipinski definition) is 2. The Labute approximate surface area is 120 Å². The van der Waals surface area contributed by atoms with Crippen LogP contribution in [-0.2, 0) is 6.54 Å². The monoisotopic (exact) mass is 283 g/mol. The molecule has 7 heteroatoms. The van der Waals surface area contributed by atoms with Gasteiger partial charge in [-0.2, -0.15) is 0 Å². The lowest BCUT2D eigenvalue weighted by Gasteiger charge is -2.33. The number of aromatic nitrogens is 2. The Hall–Kier alpha value is -1.18. The van der Waals surface area contributed by atoms with Crippen molar-refractivity contribution in [3.05, 3.63) is 5.89 Å². The first-order valence-electron chi connectivity index (χ1n) is 7.13. The molecular formula is C13H25N5O2. The molecule has 0 bridgehead atoms. The highest BCUT2D eigenvalue weighted by Crippen LogP contribution is 2.15. The van der Waals surface area contributed by atoms with E-state index in [1.54, 1.807) is 0 Å². The molecule has 0 amide bonds. The number of aliphatic hydroxyl groups excluding tert-OH is 1. The van der Waals surface area contributed by atoms with Crippen LogP contribution in [-0.4, -0.2) is 65.1 Å². The van der Waals surface area contributed by atoms with E-state index >= 15 is 0 Å². The lowest BCUT2D eigenvalue weighted by atomic mass is 10.1. The van der Waals surface area contributed by atoms with Gasteiger partial charge in [-0.05, 0) is 20.8 Å². The molecule has 0 atom stereocenters. The number of hydrogen-bond acceptors (Lipinski definition) is 7. The summed E-state index contributed by atoms with van der Waals surface area (Å²) in [4.78, 5) is 4.33. The van der Waals surface area contributed by atoms with Gasteiger partial charge in [-0.1, -0.05) is 5.10 Å². The number of piperazine rings is 1. The van der Waals surface area contributed by atoms with Crippen LogP contribution in [0.4, 0.5) is 6.01 Å². The van der Waals surface area contributed by atoms with Gasteiger partial charge in [-0.15, -0.1) is 5.10 Å². The molecule has 0 spiro atoms. The van der Waals surface area contributed by atoms with Gasteiger partial charge in [0.1, 0.15) is 0 Å². The maximum atomic E-state index is 8.93. The largest absolute Gasteiger partial charge is 0.407 e. The van der Waals surface area contributed by atoms with Crippen molar-refractivity contribution >= 4 is 6.01 Å². The minimum Gasteiger partial charge on any atom is -0.407 e. The van der Waals surface area contributed by atoms with E-state index in [1.807, 2.05) is 0 Å². The Bertz CT molecular complexity index is 407. The van der Waals surface area contributed by atoms with Crippen LogP contribution in [0, 0.1) is 0 Å². The molecule has 114 valence electrons. The third-order valence-corrected chi connectivity index (χ3v) is 3.29. The van der Waals surface area contributed by atoms with Gasteiger partial charge in [0.15, 0.2) is 0 Å². The molecule has 2 rings (SSSR count). The Morgan fingerprint density at radius 3 is 2.50 bits per heavy atom. The Kier molecular flexibility index (Phi) is 4.95. The molecule has 1 aromatic rings. The first-order chi connectivity index (χ1) is 9.48. The number of β-amino-alcohol motifs (C(OH)–C–C–N with tert-alkyl or cyclic N) is 1. The van der Waals surface area contributed by atoms with Crippen LogP contribution in [0.3, 0.4) is 0 Å². The van der Waals surface area contributed by atoms with Crippen LogP contribution in [0.15, 0.2) is 4.42 Å². The number of nitrogens with zero attached hydrogens (tertiary/aromatic N) is 4. The normalized spacial score (nSPS) is 17.7. The standard InChI is InChI=1S/C13H25N5O2/c1-13(2,3)14-10-11-15-16-12(20-11)18-6-4-17(5-7-18)8-9-19/h14,19H,4-10H2,1-3H3. The van der Waals surface area contributed by atoms with Crippen molar-refractivity contribution in [2.24, 2.45) is 0 Å². The fourth-order valence-corrected chi connectivity index (χ4v) is 2.09. The predicted octanol–water partition coefficient (Wildman–Crippen LogP) is 0.0720. The van der Waals surface area contributed by atoms with Crippen LogP contribution in [0.2, 0.25) is 0 Å². The minimum absolute atomic E-state index is 0.0323. The van der Waals surface area contributed by atoms with Gasteiger partial charge in [0.25, 0.3) is 0 Å². The van der Waals surface area contributed by atoms with Gasteiger partial charge in [-0.25, -0.2) is 0 Å². The van der Waals surface area contributed by atoms with E-state index in [4.69, 9.17) is 9.52 Å². The van der Waals surface area contributed by atoms with Crippen molar-refractivity contribution in [3.8, 4) is 0 Å². The summed E-state index contributed by atoms with van der Waals surface area (Å²) in [6.45, 7) is 11.4. The first-order valence-corrected chi connectivity index (χ1v) is 7.13. The summed E-state index contributed by atoms with van der Waals surface area (Å²) < 4.78 is 5.69. The molecule has 1 aliphatic heterocycles. The van der Waals surface area contributed by atoms with E-state index in [0.29, 0.717) is 18.5 Å². The van der Waals surface area contributed by atoms with Crippen molar-refractivity contribution in [1.29, 1.82) is 0 Å². The van der Waals surface area contributed by atoms with Crippen LogP contribution in [0.5, 0.6) is 0 Å². The molecule has 1 aromatic heterocycles. The average molecular weight is 283 g/mol. The van der Waals surface area contributed by atoms with Crippen molar-refractivity contribution in [2.75, 3.05) is 44.2 Å². The fourth-order valence-electron chi connectivity index (χ4n) is 2.09. The first kappa shape index (κ1) is 15.2. The SMILES string of the molecule is CC(C)(C)NCc1nnc(N2CCN(CCO)CC2)o1. The van der Waals surface area contributed by atoms with Gasteiger partial charge in [-0.3, -0.25) is 4.90 Å². The lowest BCUT2D eigenvalue weighted by Crippen LogP contribution is -2.47. The number of anilines is 1. The van der Waals surface area contributed by atoms with E-state index in [-0.39, 0.29) is 12.1 Å². The van der Waals surface area contributed by atoms with Crippen LogP contribution < -0.4 is 10.2 Å². The van der Waals surface area contributed by atoms with Crippen LogP contribution in [0.1, 0.15) is 26.7 Å². The average Bonchev–Trinajstić information content (AvgIpc) is 2.86. The molecule has 0 saturated carbocycles. The van der Waals surface area contributed by atoms with Crippen molar-refractivity contribution in [2.45, 2.75) is 32.9 Å². The zero-order valence-electron chi connectivity index (χ0n) is 12.6. The van der Waals surface area contributed by atoms with Gasteiger partial charge in [0.05, 0.1) is 13.2 Å². The Morgan fingerprint density at radius 2 is 1.90 bits per heavy atom. The second kappa shape index (κ2) is 6.51. The predicted molar refractivity (Wildman–Crippen MR) is 76.6 cm³/mol. The summed E-state index contributed by atoms with van der Waals surface area (Å²) in [5.41, 5.74) is 0.0323. The summed E-state index contributed by atoms with van der Waals surface area (Å²) in [7, 11) is 0. The molecule has 20 heavy (non-hydrogen) atoms. The number of rotatable bonds is 5. The smallest absolute Gasteiger partial charge is 0.318 e. The third kappa shape index (κ3) is 4.43. The molecule has 0 unspecified atom stereocenters. The van der Waals surface area contributed by atoms with Crippen molar-refractivity contribution in [1.82, 2.24) is 20.4 Å². The summed E-state index contributed by atoms with van der Waals surface area (Å²) in [6.07, 6.45) is 0. The lowest BCUT2D eigenvalue weighted by molar-refractivity contribution is 0.187. The molecule has 0 aliphatic carbocycles. The van der Waals surface area contributed by atoms with E-state index in [0.717, 1.165) is 32.7 Å². The highest BCUT2D eigenvalue weighted by atomic mass is 16.4. The fraction of sp³-hybridized carbons (Fsp3) is 0.846. The molecule has 1 saturated heterocycles. The third-order valence-electron chi connectivity index (χ3n) is 3.29. The summed E-state index contributed by atoms with van der Waals surface area (Å²) in [5.74, 6) is 0.618. The van der Waals surface area contributed by atoms with Crippen LogP contribution in [0.25, 0.3) is 0 Å². The summed E-state index contributed by atoms with van der Waals surface area (Å²) in [5, 5.41) is 20.4. The molecule has 0 radical (unpaired) electrons. The quantitative estimate of drug-likeness (QED) is 0.792. The topological polar surface area (TPSA) is 77.7 Å².